The summed E-state index contributed by atoms with van der Waals surface area (Å²) in [4.78, 5) is 10.7. The molecular weight excluding hydrogens is 218 g/mol. The zero-order valence-corrected chi connectivity index (χ0v) is 10.4. The number of aliphatic carboxylic acids is 1. The van der Waals surface area contributed by atoms with Crippen LogP contribution in [-0.4, -0.2) is 24.2 Å². The zero-order valence-electron chi connectivity index (χ0n) is 10.4. The number of rotatable bonds is 5. The van der Waals surface area contributed by atoms with Crippen molar-refractivity contribution in [2.24, 2.45) is 5.73 Å². The molecule has 0 fully saturated rings. The van der Waals surface area contributed by atoms with Gasteiger partial charge in [0.15, 0.2) is 0 Å². The molecule has 0 aliphatic heterocycles. The summed E-state index contributed by atoms with van der Waals surface area (Å²) >= 11 is 0. The Morgan fingerprint density at radius 1 is 1.41 bits per heavy atom. The number of hydrogen-bond donors (Lipinski definition) is 2. The Bertz CT molecular complexity index is 402. The van der Waals surface area contributed by atoms with Crippen molar-refractivity contribution in [3.63, 3.8) is 0 Å². The van der Waals surface area contributed by atoms with Gasteiger partial charge in [0.1, 0.15) is 11.8 Å². The van der Waals surface area contributed by atoms with Gasteiger partial charge in [-0.2, -0.15) is 0 Å². The fraction of sp³-hybridized carbons (Fsp3) is 0.462. The normalized spacial score (nSPS) is 12.5. The van der Waals surface area contributed by atoms with E-state index >= 15 is 0 Å². The van der Waals surface area contributed by atoms with Crippen molar-refractivity contribution in [1.82, 2.24) is 0 Å². The van der Waals surface area contributed by atoms with Crippen molar-refractivity contribution in [1.29, 1.82) is 0 Å². The standard InChI is InChI=1S/C13H19NO3/c1-8(2)10-4-9(5-11(7-10)17-3)6-12(14)13(15)16/h4-5,7-8,12H,6,14H2,1-3H3,(H,15,16). The van der Waals surface area contributed by atoms with E-state index in [2.05, 4.69) is 13.8 Å². The number of carbonyl (C=O) groups is 1. The summed E-state index contributed by atoms with van der Waals surface area (Å²) in [7, 11) is 1.60. The van der Waals surface area contributed by atoms with Crippen LogP contribution in [0.15, 0.2) is 18.2 Å². The van der Waals surface area contributed by atoms with E-state index in [1.165, 1.54) is 0 Å². The van der Waals surface area contributed by atoms with Crippen LogP contribution in [0, 0.1) is 0 Å². The van der Waals surface area contributed by atoms with Crippen LogP contribution < -0.4 is 10.5 Å². The highest BCUT2D eigenvalue weighted by Gasteiger charge is 2.13. The van der Waals surface area contributed by atoms with Crippen LogP contribution in [0.1, 0.15) is 30.9 Å². The second-order valence-corrected chi connectivity index (χ2v) is 4.42. The monoisotopic (exact) mass is 237 g/mol. The summed E-state index contributed by atoms with van der Waals surface area (Å²) in [5.41, 5.74) is 7.54. The quantitative estimate of drug-likeness (QED) is 0.818. The molecule has 0 saturated heterocycles. The van der Waals surface area contributed by atoms with Crippen molar-refractivity contribution >= 4 is 5.97 Å². The minimum atomic E-state index is -0.987. The molecule has 0 aliphatic carbocycles. The molecule has 0 radical (unpaired) electrons. The van der Waals surface area contributed by atoms with Crippen LogP contribution in [0.4, 0.5) is 0 Å². The second-order valence-electron chi connectivity index (χ2n) is 4.42. The molecule has 1 aromatic rings. The molecule has 1 rings (SSSR count). The number of nitrogens with two attached hydrogens (primary N) is 1. The van der Waals surface area contributed by atoms with E-state index in [-0.39, 0.29) is 0 Å². The van der Waals surface area contributed by atoms with Gasteiger partial charge in [0.25, 0.3) is 0 Å². The predicted molar refractivity (Wildman–Crippen MR) is 66.4 cm³/mol. The van der Waals surface area contributed by atoms with E-state index < -0.39 is 12.0 Å². The number of benzene rings is 1. The van der Waals surface area contributed by atoms with Gasteiger partial charge in [-0.3, -0.25) is 4.79 Å². The minimum Gasteiger partial charge on any atom is -0.497 e. The first-order valence-corrected chi connectivity index (χ1v) is 5.60. The van der Waals surface area contributed by atoms with Gasteiger partial charge in [-0.1, -0.05) is 19.9 Å². The lowest BCUT2D eigenvalue weighted by molar-refractivity contribution is -0.138. The van der Waals surface area contributed by atoms with Crippen molar-refractivity contribution in [3.05, 3.63) is 29.3 Å². The first-order chi connectivity index (χ1) is 7.93. The van der Waals surface area contributed by atoms with Crippen LogP contribution in [0.25, 0.3) is 0 Å². The molecule has 17 heavy (non-hydrogen) atoms. The SMILES string of the molecule is COc1cc(CC(N)C(=O)O)cc(C(C)C)c1. The summed E-state index contributed by atoms with van der Waals surface area (Å²) in [6, 6.07) is 4.90. The average Bonchev–Trinajstić information content (AvgIpc) is 2.28. The molecular formula is C13H19NO3. The smallest absolute Gasteiger partial charge is 0.320 e. The molecule has 0 saturated carbocycles. The van der Waals surface area contributed by atoms with Crippen LogP contribution in [0.5, 0.6) is 5.75 Å². The van der Waals surface area contributed by atoms with Gasteiger partial charge in [0.2, 0.25) is 0 Å². The van der Waals surface area contributed by atoms with Crippen LogP contribution in [0.3, 0.4) is 0 Å². The van der Waals surface area contributed by atoms with E-state index in [9.17, 15) is 4.79 Å². The summed E-state index contributed by atoms with van der Waals surface area (Å²) in [5, 5.41) is 8.79. The Morgan fingerprint density at radius 3 is 2.53 bits per heavy atom. The Kier molecular flexibility index (Phi) is 4.52. The van der Waals surface area contributed by atoms with Gasteiger partial charge >= 0.3 is 5.97 Å². The van der Waals surface area contributed by atoms with Crippen LogP contribution in [-0.2, 0) is 11.2 Å². The number of ether oxygens (including phenoxy) is 1. The van der Waals surface area contributed by atoms with Gasteiger partial charge in [0, 0.05) is 0 Å². The van der Waals surface area contributed by atoms with Gasteiger partial charge in [-0.15, -0.1) is 0 Å². The first-order valence-electron chi connectivity index (χ1n) is 5.60. The number of carboxylic acid groups (broad SMARTS) is 1. The van der Waals surface area contributed by atoms with Gasteiger partial charge in [0.05, 0.1) is 7.11 Å². The van der Waals surface area contributed by atoms with Gasteiger partial charge in [-0.25, -0.2) is 0 Å². The number of hydrogen-bond acceptors (Lipinski definition) is 3. The lowest BCUT2D eigenvalue weighted by Gasteiger charge is -2.13. The third-order valence-corrected chi connectivity index (χ3v) is 2.66. The van der Waals surface area contributed by atoms with Gasteiger partial charge in [-0.05, 0) is 35.6 Å². The largest absolute Gasteiger partial charge is 0.497 e. The lowest BCUT2D eigenvalue weighted by Crippen LogP contribution is -2.32. The maximum atomic E-state index is 10.7. The van der Waals surface area contributed by atoms with Crippen LogP contribution >= 0.6 is 0 Å². The lowest BCUT2D eigenvalue weighted by atomic mass is 9.97. The highest BCUT2D eigenvalue weighted by Crippen LogP contribution is 2.23. The van der Waals surface area contributed by atoms with E-state index in [0.717, 1.165) is 16.9 Å². The molecule has 0 amide bonds. The Balaban J connectivity index is 2.98. The van der Waals surface area contributed by atoms with E-state index in [0.29, 0.717) is 12.3 Å². The van der Waals surface area contributed by atoms with E-state index in [1.54, 1.807) is 7.11 Å². The minimum absolute atomic E-state index is 0.312. The first kappa shape index (κ1) is 13.5. The summed E-state index contributed by atoms with van der Waals surface area (Å²) < 4.78 is 5.20. The molecule has 0 aromatic heterocycles. The second kappa shape index (κ2) is 5.68. The zero-order chi connectivity index (χ0) is 13.0. The number of methoxy groups -OCH3 is 1. The molecule has 1 atom stereocenters. The average molecular weight is 237 g/mol. The molecule has 94 valence electrons. The molecule has 1 aromatic carbocycles. The molecule has 0 spiro atoms. The Hall–Kier alpha value is -1.55. The summed E-state index contributed by atoms with van der Waals surface area (Å²) in [6.07, 6.45) is 0.312. The Labute approximate surface area is 101 Å². The highest BCUT2D eigenvalue weighted by atomic mass is 16.5. The topological polar surface area (TPSA) is 72.5 Å². The molecule has 3 N–H and O–H groups in total. The maximum absolute atomic E-state index is 10.7. The third kappa shape index (κ3) is 3.75. The van der Waals surface area contributed by atoms with E-state index in [1.807, 2.05) is 18.2 Å². The van der Waals surface area contributed by atoms with Crippen molar-refractivity contribution in [2.75, 3.05) is 7.11 Å². The molecule has 1 unspecified atom stereocenters. The summed E-state index contributed by atoms with van der Waals surface area (Å²) in [6.45, 7) is 4.16. The fourth-order valence-corrected chi connectivity index (χ4v) is 1.60. The van der Waals surface area contributed by atoms with Crippen molar-refractivity contribution < 1.29 is 14.6 Å². The van der Waals surface area contributed by atoms with Crippen LogP contribution in [0.2, 0.25) is 0 Å². The Morgan fingerprint density at radius 2 is 2.06 bits per heavy atom. The fourth-order valence-electron chi connectivity index (χ4n) is 1.60. The van der Waals surface area contributed by atoms with E-state index in [4.69, 9.17) is 15.6 Å². The van der Waals surface area contributed by atoms with Crippen molar-refractivity contribution in [3.8, 4) is 5.75 Å². The number of carboxylic acids is 1. The molecule has 0 heterocycles. The predicted octanol–water partition coefficient (Wildman–Crippen LogP) is 1.77. The third-order valence-electron chi connectivity index (χ3n) is 2.66. The molecule has 4 heteroatoms. The molecule has 0 bridgehead atoms. The summed E-state index contributed by atoms with van der Waals surface area (Å²) in [5.74, 6) is 0.118. The maximum Gasteiger partial charge on any atom is 0.320 e. The highest BCUT2D eigenvalue weighted by molar-refractivity contribution is 5.73. The molecule has 0 aliphatic rings. The molecule has 4 nitrogen and oxygen atoms in total. The van der Waals surface area contributed by atoms with Crippen molar-refractivity contribution in [2.45, 2.75) is 32.2 Å². The van der Waals surface area contributed by atoms with Gasteiger partial charge < -0.3 is 15.6 Å².